The summed E-state index contributed by atoms with van der Waals surface area (Å²) in [6.45, 7) is 3.21. The van der Waals surface area contributed by atoms with E-state index in [0.717, 1.165) is 13.0 Å². The first kappa shape index (κ1) is 21.3. The van der Waals surface area contributed by atoms with E-state index in [4.69, 9.17) is 0 Å². The molecule has 2 nitrogen and oxygen atoms in total. The van der Waals surface area contributed by atoms with Crippen molar-refractivity contribution < 1.29 is 0 Å². The van der Waals surface area contributed by atoms with Crippen molar-refractivity contribution in [1.29, 1.82) is 0 Å². The van der Waals surface area contributed by atoms with E-state index in [9.17, 15) is 0 Å². The maximum Gasteiger partial charge on any atom is 0.0346 e. The van der Waals surface area contributed by atoms with Crippen LogP contribution in [0.5, 0.6) is 0 Å². The van der Waals surface area contributed by atoms with Crippen molar-refractivity contribution in [3.05, 3.63) is 90.3 Å². The third-order valence-corrected chi connectivity index (χ3v) is 5.57. The molecular formula is C26H29ClN2. The summed E-state index contributed by atoms with van der Waals surface area (Å²) < 4.78 is 0. The van der Waals surface area contributed by atoms with Gasteiger partial charge in [0.15, 0.2) is 0 Å². The Morgan fingerprint density at radius 1 is 0.862 bits per heavy atom. The molecule has 3 heteroatoms. The minimum Gasteiger partial charge on any atom is -0.310 e. The first-order valence-electron chi connectivity index (χ1n) is 10.3. The Kier molecular flexibility index (Phi) is 7.62. The minimum absolute atomic E-state index is 0. The summed E-state index contributed by atoms with van der Waals surface area (Å²) in [4.78, 5) is 4.18. The van der Waals surface area contributed by atoms with Gasteiger partial charge in [-0.1, -0.05) is 61.0 Å². The van der Waals surface area contributed by atoms with Gasteiger partial charge >= 0.3 is 0 Å². The number of fused-ring (bicyclic) bond motifs is 2. The van der Waals surface area contributed by atoms with Gasteiger partial charge in [-0.3, -0.25) is 4.98 Å². The predicted molar refractivity (Wildman–Crippen MR) is 127 cm³/mol. The smallest absolute Gasteiger partial charge is 0.0346 e. The Balaban J connectivity index is 0.00000240. The Labute approximate surface area is 179 Å². The van der Waals surface area contributed by atoms with Crippen molar-refractivity contribution in [2.75, 3.05) is 0 Å². The topological polar surface area (TPSA) is 24.9 Å². The van der Waals surface area contributed by atoms with Crippen LogP contribution in [0, 0.1) is 0 Å². The zero-order valence-electron chi connectivity index (χ0n) is 17.0. The molecule has 0 radical (unpaired) electrons. The van der Waals surface area contributed by atoms with Crippen LogP contribution in [0.25, 0.3) is 21.5 Å². The monoisotopic (exact) mass is 404 g/mol. The average Bonchev–Trinajstić information content (AvgIpc) is 2.75. The Hall–Kier alpha value is -2.42. The van der Waals surface area contributed by atoms with E-state index in [0.29, 0.717) is 6.04 Å². The first-order chi connectivity index (χ1) is 13.8. The number of hydrogen-bond acceptors (Lipinski definition) is 2. The van der Waals surface area contributed by atoms with Crippen LogP contribution in [0.3, 0.4) is 0 Å². The highest BCUT2D eigenvalue weighted by atomic mass is 35.5. The van der Waals surface area contributed by atoms with Gasteiger partial charge in [-0.2, -0.15) is 0 Å². The standard InChI is InChI=1S/C26H28N2.ClH/c1-20(28-18-21-13-14-25-19-27-16-15-24(25)17-21)7-2-3-8-22-10-6-11-23-9-4-5-12-26(22)23;/h4-6,9-17,19-20,28H,2-3,7-8,18H2,1H3;1H/t20-;/m1./s1. The second kappa shape index (κ2) is 10.4. The lowest BCUT2D eigenvalue weighted by Crippen LogP contribution is -2.25. The fourth-order valence-corrected chi connectivity index (χ4v) is 3.91. The highest BCUT2D eigenvalue weighted by Crippen LogP contribution is 2.20. The Morgan fingerprint density at radius 3 is 2.66 bits per heavy atom. The number of halogens is 1. The molecule has 1 N–H and O–H groups in total. The summed E-state index contributed by atoms with van der Waals surface area (Å²) in [5.41, 5.74) is 2.81. The number of nitrogens with zero attached hydrogens (tertiary/aromatic N) is 1. The van der Waals surface area contributed by atoms with Crippen LogP contribution in [0.2, 0.25) is 0 Å². The summed E-state index contributed by atoms with van der Waals surface area (Å²) in [6, 6.07) is 24.6. The zero-order valence-corrected chi connectivity index (χ0v) is 17.8. The molecule has 1 aromatic heterocycles. The number of hydrogen-bond donors (Lipinski definition) is 1. The minimum atomic E-state index is 0. The second-order valence-electron chi connectivity index (χ2n) is 7.72. The van der Waals surface area contributed by atoms with E-state index in [-0.39, 0.29) is 12.4 Å². The lowest BCUT2D eigenvalue weighted by atomic mass is 9.99. The molecule has 150 valence electrons. The summed E-state index contributed by atoms with van der Waals surface area (Å²) in [5, 5.41) is 8.89. The number of pyridine rings is 1. The van der Waals surface area contributed by atoms with Crippen molar-refractivity contribution in [3.63, 3.8) is 0 Å². The highest BCUT2D eigenvalue weighted by Gasteiger charge is 2.04. The molecule has 0 unspecified atom stereocenters. The summed E-state index contributed by atoms with van der Waals surface area (Å²) in [6.07, 6.45) is 8.64. The van der Waals surface area contributed by atoms with E-state index in [1.165, 1.54) is 51.9 Å². The quantitative estimate of drug-likeness (QED) is 0.330. The summed E-state index contributed by atoms with van der Waals surface area (Å²) >= 11 is 0. The fourth-order valence-electron chi connectivity index (χ4n) is 3.91. The number of nitrogens with one attached hydrogen (secondary N) is 1. The van der Waals surface area contributed by atoms with Crippen LogP contribution in [0.4, 0.5) is 0 Å². The molecule has 0 aliphatic heterocycles. The molecule has 29 heavy (non-hydrogen) atoms. The molecule has 0 aliphatic carbocycles. The van der Waals surface area contributed by atoms with Gasteiger partial charge in [-0.15, -0.1) is 12.4 Å². The Bertz CT molecular complexity index is 1060. The maximum absolute atomic E-state index is 4.18. The molecule has 4 aromatic rings. The molecule has 0 saturated carbocycles. The van der Waals surface area contributed by atoms with Gasteiger partial charge in [0.25, 0.3) is 0 Å². The van der Waals surface area contributed by atoms with Crippen molar-refractivity contribution in [3.8, 4) is 0 Å². The molecular weight excluding hydrogens is 376 g/mol. The first-order valence-corrected chi connectivity index (χ1v) is 10.3. The van der Waals surface area contributed by atoms with Crippen molar-refractivity contribution in [1.82, 2.24) is 10.3 Å². The number of aryl methyl sites for hydroxylation is 1. The summed E-state index contributed by atoms with van der Waals surface area (Å²) in [5.74, 6) is 0. The molecule has 0 fully saturated rings. The Morgan fingerprint density at radius 2 is 1.72 bits per heavy atom. The summed E-state index contributed by atoms with van der Waals surface area (Å²) in [7, 11) is 0. The van der Waals surface area contributed by atoms with Crippen molar-refractivity contribution in [2.45, 2.75) is 45.2 Å². The van der Waals surface area contributed by atoms with E-state index in [1.54, 1.807) is 0 Å². The van der Waals surface area contributed by atoms with Crippen LogP contribution < -0.4 is 5.32 Å². The van der Waals surface area contributed by atoms with Crippen LogP contribution in [0.1, 0.15) is 37.3 Å². The molecule has 4 rings (SSSR count). The van der Waals surface area contributed by atoms with Crippen LogP contribution in [-0.2, 0) is 13.0 Å². The molecule has 1 atom stereocenters. The van der Waals surface area contributed by atoms with Gasteiger partial charge in [-0.05, 0) is 65.6 Å². The van der Waals surface area contributed by atoms with Gasteiger partial charge in [0.2, 0.25) is 0 Å². The van der Waals surface area contributed by atoms with E-state index >= 15 is 0 Å². The van der Waals surface area contributed by atoms with Crippen LogP contribution in [-0.4, -0.2) is 11.0 Å². The molecule has 0 amide bonds. The van der Waals surface area contributed by atoms with Gasteiger partial charge in [0, 0.05) is 30.4 Å². The predicted octanol–water partition coefficient (Wildman–Crippen LogP) is 6.70. The van der Waals surface area contributed by atoms with Crippen LogP contribution >= 0.6 is 12.4 Å². The zero-order chi connectivity index (χ0) is 19.2. The largest absolute Gasteiger partial charge is 0.310 e. The number of benzene rings is 3. The molecule has 1 heterocycles. The normalized spacial score (nSPS) is 12.0. The highest BCUT2D eigenvalue weighted by molar-refractivity contribution is 5.86. The molecule has 0 saturated heterocycles. The fraction of sp³-hybridized carbons (Fsp3) is 0.269. The van der Waals surface area contributed by atoms with E-state index in [2.05, 4.69) is 84.0 Å². The van der Waals surface area contributed by atoms with Crippen molar-refractivity contribution >= 4 is 34.0 Å². The molecule has 0 bridgehead atoms. The lowest BCUT2D eigenvalue weighted by Gasteiger charge is -2.14. The van der Waals surface area contributed by atoms with E-state index in [1.807, 2.05) is 12.4 Å². The van der Waals surface area contributed by atoms with Gasteiger partial charge < -0.3 is 5.32 Å². The van der Waals surface area contributed by atoms with Crippen molar-refractivity contribution in [2.24, 2.45) is 0 Å². The van der Waals surface area contributed by atoms with E-state index < -0.39 is 0 Å². The number of aromatic nitrogens is 1. The second-order valence-corrected chi connectivity index (χ2v) is 7.72. The van der Waals surface area contributed by atoms with Crippen LogP contribution in [0.15, 0.2) is 79.1 Å². The van der Waals surface area contributed by atoms with Gasteiger partial charge in [0.05, 0.1) is 0 Å². The van der Waals surface area contributed by atoms with Gasteiger partial charge in [-0.25, -0.2) is 0 Å². The molecule has 3 aromatic carbocycles. The number of unbranched alkanes of at least 4 members (excludes halogenated alkanes) is 1. The molecule has 0 aliphatic rings. The number of rotatable bonds is 8. The average molecular weight is 405 g/mol. The third-order valence-electron chi connectivity index (χ3n) is 5.57. The SMILES string of the molecule is C[C@H](CCCCc1cccc2ccccc12)NCc1ccc2cnccc2c1.Cl. The third kappa shape index (κ3) is 5.56. The maximum atomic E-state index is 4.18. The van der Waals surface area contributed by atoms with Gasteiger partial charge in [0.1, 0.15) is 0 Å². The lowest BCUT2D eigenvalue weighted by molar-refractivity contribution is 0.489. The molecule has 0 spiro atoms.